The van der Waals surface area contributed by atoms with Crippen LogP contribution >= 0.6 is 34.8 Å². The van der Waals surface area contributed by atoms with Gasteiger partial charge in [-0.3, -0.25) is 4.68 Å². The Bertz CT molecular complexity index is 545. The molecule has 2 nitrogen and oxygen atoms in total. The van der Waals surface area contributed by atoms with Crippen molar-refractivity contribution >= 4 is 34.8 Å². The summed E-state index contributed by atoms with van der Waals surface area (Å²) in [5, 5.41) is 4.91. The lowest BCUT2D eigenvalue weighted by Gasteiger charge is -2.30. The van der Waals surface area contributed by atoms with Crippen molar-refractivity contribution in [1.82, 2.24) is 9.78 Å². The predicted octanol–water partition coefficient (Wildman–Crippen LogP) is 4.42. The Balaban J connectivity index is 2.21. The minimum Gasteiger partial charge on any atom is -0.273 e. The normalized spacial score (nSPS) is 11.8. The van der Waals surface area contributed by atoms with Gasteiger partial charge < -0.3 is 0 Å². The van der Waals surface area contributed by atoms with Crippen LogP contribution < -0.4 is 0 Å². The Labute approximate surface area is 134 Å². The number of halogens is 3. The van der Waals surface area contributed by atoms with Crippen molar-refractivity contribution in [3.05, 3.63) is 52.8 Å². The first-order chi connectivity index (χ1) is 9.61. The number of alkyl halides is 2. The molecule has 0 spiro atoms. The molecule has 0 aliphatic rings. The lowest BCUT2D eigenvalue weighted by Crippen LogP contribution is -2.31. The molecular formula is C15H17Cl3N2. The number of rotatable bonds is 6. The Morgan fingerprint density at radius 3 is 2.25 bits per heavy atom. The van der Waals surface area contributed by atoms with Crippen LogP contribution in [-0.4, -0.2) is 21.5 Å². The smallest absolute Gasteiger partial charge is 0.0492 e. The van der Waals surface area contributed by atoms with E-state index in [1.54, 1.807) is 6.20 Å². The van der Waals surface area contributed by atoms with Crippen molar-refractivity contribution in [1.29, 1.82) is 0 Å². The fourth-order valence-corrected chi connectivity index (χ4v) is 3.27. The Hall–Kier alpha value is -0.700. The third-order valence-corrected chi connectivity index (χ3v) is 5.03. The van der Waals surface area contributed by atoms with Gasteiger partial charge in [-0.1, -0.05) is 23.7 Å². The second kappa shape index (κ2) is 6.84. The zero-order valence-electron chi connectivity index (χ0n) is 11.3. The first kappa shape index (κ1) is 15.7. The molecule has 5 heteroatoms. The van der Waals surface area contributed by atoms with Crippen molar-refractivity contribution in [2.45, 2.75) is 18.3 Å². The van der Waals surface area contributed by atoms with Crippen LogP contribution in [0.5, 0.6) is 0 Å². The highest BCUT2D eigenvalue weighted by Gasteiger charge is 2.30. The van der Waals surface area contributed by atoms with Gasteiger partial charge in [-0.25, -0.2) is 0 Å². The van der Waals surface area contributed by atoms with Crippen LogP contribution in [0.15, 0.2) is 36.5 Å². The molecule has 1 aromatic carbocycles. The molecule has 20 heavy (non-hydrogen) atoms. The molecule has 2 aromatic rings. The predicted molar refractivity (Wildman–Crippen MR) is 86.1 cm³/mol. The maximum absolute atomic E-state index is 6.24. The molecule has 0 atom stereocenters. The van der Waals surface area contributed by atoms with Crippen LogP contribution in [0.3, 0.4) is 0 Å². The maximum Gasteiger partial charge on any atom is 0.0492 e. The summed E-state index contributed by atoms with van der Waals surface area (Å²) < 4.78 is 1.88. The summed E-state index contributed by atoms with van der Waals surface area (Å²) in [7, 11) is 1.95. The van der Waals surface area contributed by atoms with Crippen LogP contribution in [0.4, 0.5) is 0 Å². The van der Waals surface area contributed by atoms with Crippen molar-refractivity contribution in [2.75, 3.05) is 11.8 Å². The first-order valence-electron chi connectivity index (χ1n) is 6.46. The molecule has 0 saturated carbocycles. The van der Waals surface area contributed by atoms with Crippen molar-refractivity contribution < 1.29 is 0 Å². The number of hydrogen-bond acceptors (Lipinski definition) is 1. The largest absolute Gasteiger partial charge is 0.273 e. The van der Waals surface area contributed by atoms with Gasteiger partial charge in [0.2, 0.25) is 0 Å². The topological polar surface area (TPSA) is 17.8 Å². The Kier molecular flexibility index (Phi) is 5.36. The fourth-order valence-electron chi connectivity index (χ4n) is 2.29. The number of hydrogen-bond donors (Lipinski definition) is 0. The molecular weight excluding hydrogens is 315 g/mol. The molecule has 2 rings (SSSR count). The SMILES string of the molecule is Cn1nccc1CCC(CCl)(CCl)c1ccc(Cl)cc1. The molecule has 1 heterocycles. The van der Waals surface area contributed by atoms with E-state index in [0.717, 1.165) is 23.4 Å². The average Bonchev–Trinajstić information content (AvgIpc) is 2.88. The van der Waals surface area contributed by atoms with Gasteiger partial charge in [0, 0.05) is 41.1 Å². The minimum absolute atomic E-state index is 0.238. The van der Waals surface area contributed by atoms with E-state index in [0.29, 0.717) is 11.8 Å². The van der Waals surface area contributed by atoms with Gasteiger partial charge in [-0.15, -0.1) is 23.2 Å². The Morgan fingerprint density at radius 1 is 1.10 bits per heavy atom. The molecule has 0 aliphatic heterocycles. The van der Waals surface area contributed by atoms with E-state index >= 15 is 0 Å². The second-order valence-electron chi connectivity index (χ2n) is 5.00. The summed E-state index contributed by atoms with van der Waals surface area (Å²) in [5.41, 5.74) is 2.07. The zero-order chi connectivity index (χ0) is 14.6. The van der Waals surface area contributed by atoms with Gasteiger partial charge >= 0.3 is 0 Å². The molecule has 1 aromatic heterocycles. The number of aromatic nitrogens is 2. The third-order valence-electron chi connectivity index (χ3n) is 3.75. The van der Waals surface area contributed by atoms with Crippen LogP contribution in [0.1, 0.15) is 17.7 Å². The highest BCUT2D eigenvalue weighted by Crippen LogP contribution is 2.33. The van der Waals surface area contributed by atoms with E-state index in [4.69, 9.17) is 34.8 Å². The maximum atomic E-state index is 6.24. The van der Waals surface area contributed by atoms with Gasteiger partial charge in [0.15, 0.2) is 0 Å². The minimum atomic E-state index is -0.238. The van der Waals surface area contributed by atoms with E-state index in [9.17, 15) is 0 Å². The van der Waals surface area contributed by atoms with E-state index in [1.807, 2.05) is 42.1 Å². The molecule has 0 saturated heterocycles. The summed E-state index contributed by atoms with van der Waals surface area (Å²) in [6.45, 7) is 0. The molecule has 0 aliphatic carbocycles. The van der Waals surface area contributed by atoms with Gasteiger partial charge in [-0.05, 0) is 36.6 Å². The van der Waals surface area contributed by atoms with Crippen LogP contribution in [0.2, 0.25) is 5.02 Å². The van der Waals surface area contributed by atoms with Gasteiger partial charge in [0.25, 0.3) is 0 Å². The molecule has 0 bridgehead atoms. The van der Waals surface area contributed by atoms with Gasteiger partial charge in [0.05, 0.1) is 0 Å². The van der Waals surface area contributed by atoms with Gasteiger partial charge in [0.1, 0.15) is 0 Å². The van der Waals surface area contributed by atoms with Crippen molar-refractivity contribution in [2.24, 2.45) is 7.05 Å². The highest BCUT2D eigenvalue weighted by molar-refractivity contribution is 6.30. The zero-order valence-corrected chi connectivity index (χ0v) is 13.6. The molecule has 0 radical (unpaired) electrons. The number of aryl methyl sites for hydroxylation is 2. The Morgan fingerprint density at radius 2 is 1.75 bits per heavy atom. The molecule has 0 fully saturated rings. The number of benzene rings is 1. The summed E-state index contributed by atoms with van der Waals surface area (Å²) in [6, 6.07) is 9.81. The molecule has 0 unspecified atom stereocenters. The fraction of sp³-hybridized carbons (Fsp3) is 0.400. The lowest BCUT2D eigenvalue weighted by atomic mass is 9.79. The van der Waals surface area contributed by atoms with E-state index in [-0.39, 0.29) is 5.41 Å². The van der Waals surface area contributed by atoms with Crippen LogP contribution in [0.25, 0.3) is 0 Å². The molecule has 0 amide bonds. The van der Waals surface area contributed by atoms with Crippen LogP contribution in [-0.2, 0) is 18.9 Å². The third kappa shape index (κ3) is 3.30. The number of nitrogens with zero attached hydrogens (tertiary/aromatic N) is 2. The van der Waals surface area contributed by atoms with Crippen molar-refractivity contribution in [3.8, 4) is 0 Å². The average molecular weight is 332 g/mol. The quantitative estimate of drug-likeness (QED) is 0.716. The van der Waals surface area contributed by atoms with Gasteiger partial charge in [-0.2, -0.15) is 5.10 Å². The first-order valence-corrected chi connectivity index (χ1v) is 7.91. The van der Waals surface area contributed by atoms with Crippen molar-refractivity contribution in [3.63, 3.8) is 0 Å². The van der Waals surface area contributed by atoms with E-state index in [1.165, 1.54) is 5.69 Å². The monoisotopic (exact) mass is 330 g/mol. The summed E-state index contributed by atoms with van der Waals surface area (Å²) in [6.07, 6.45) is 3.57. The highest BCUT2D eigenvalue weighted by atomic mass is 35.5. The summed E-state index contributed by atoms with van der Waals surface area (Å²) in [5.74, 6) is 0.964. The summed E-state index contributed by atoms with van der Waals surface area (Å²) in [4.78, 5) is 0. The molecule has 0 N–H and O–H groups in total. The second-order valence-corrected chi connectivity index (χ2v) is 5.97. The molecule has 108 valence electrons. The summed E-state index contributed by atoms with van der Waals surface area (Å²) >= 11 is 18.4. The van der Waals surface area contributed by atoms with Crippen LogP contribution in [0, 0.1) is 0 Å². The lowest BCUT2D eigenvalue weighted by molar-refractivity contribution is 0.482. The standard InChI is InChI=1S/C15H17Cl3N2/c1-20-14(7-9-19-20)6-8-15(10-16,11-17)12-2-4-13(18)5-3-12/h2-5,7,9H,6,8,10-11H2,1H3. The van der Waals surface area contributed by atoms with E-state index < -0.39 is 0 Å². The van der Waals surface area contributed by atoms with E-state index in [2.05, 4.69) is 5.10 Å².